The zero-order chi connectivity index (χ0) is 15.6. The van der Waals surface area contributed by atoms with E-state index >= 15 is 0 Å². The molecule has 0 unspecified atom stereocenters. The topological polar surface area (TPSA) is 0 Å². The Bertz CT molecular complexity index is 979. The van der Waals surface area contributed by atoms with Gasteiger partial charge >= 0.3 is 0 Å². The second-order valence-electron chi connectivity index (χ2n) is 6.46. The zero-order valence-electron chi connectivity index (χ0n) is 13.7. The van der Waals surface area contributed by atoms with Crippen LogP contribution in [0.2, 0.25) is 0 Å². The van der Waals surface area contributed by atoms with Crippen molar-refractivity contribution in [1.29, 1.82) is 0 Å². The van der Waals surface area contributed by atoms with Crippen molar-refractivity contribution in [3.05, 3.63) is 72.3 Å². The molecule has 0 spiro atoms. The smallest absolute Gasteiger partial charge is 0.00963 e. The maximum Gasteiger partial charge on any atom is -0.00963 e. The van der Waals surface area contributed by atoms with Crippen molar-refractivity contribution < 1.29 is 0 Å². The summed E-state index contributed by atoms with van der Waals surface area (Å²) in [6, 6.07) is 24.6. The van der Waals surface area contributed by atoms with Gasteiger partial charge in [0, 0.05) is 0 Å². The van der Waals surface area contributed by atoms with Gasteiger partial charge in [-0.05, 0) is 62.9 Å². The monoisotopic (exact) mass is 298 g/mol. The molecule has 0 aromatic heterocycles. The first-order valence-corrected chi connectivity index (χ1v) is 8.70. The molecule has 0 saturated carbocycles. The Kier molecular flexibility index (Phi) is 3.75. The number of benzene rings is 4. The van der Waals surface area contributed by atoms with Crippen LogP contribution in [0.25, 0.3) is 32.3 Å². The Morgan fingerprint density at radius 3 is 2.00 bits per heavy atom. The normalized spacial score (nSPS) is 11.5. The summed E-state index contributed by atoms with van der Waals surface area (Å²) in [5.41, 5.74) is 1.50. The first kappa shape index (κ1) is 14.3. The minimum absolute atomic E-state index is 1.17. The first-order valence-electron chi connectivity index (χ1n) is 8.70. The van der Waals surface area contributed by atoms with Crippen LogP contribution in [-0.4, -0.2) is 0 Å². The van der Waals surface area contributed by atoms with Gasteiger partial charge in [-0.15, -0.1) is 0 Å². The van der Waals surface area contributed by atoms with Gasteiger partial charge in [0.1, 0.15) is 0 Å². The number of hydrogen-bond donors (Lipinski definition) is 0. The van der Waals surface area contributed by atoms with Crippen LogP contribution in [0.15, 0.2) is 66.7 Å². The highest BCUT2D eigenvalue weighted by Gasteiger charge is 2.08. The van der Waals surface area contributed by atoms with Gasteiger partial charge in [-0.1, -0.05) is 74.4 Å². The molecule has 0 radical (unpaired) electrons. The number of fused-ring (bicyclic) bond motifs is 4. The molecular weight excluding hydrogens is 276 g/mol. The van der Waals surface area contributed by atoms with Crippen LogP contribution >= 0.6 is 0 Å². The third kappa shape index (κ3) is 2.59. The number of rotatable bonds is 4. The van der Waals surface area contributed by atoms with Gasteiger partial charge in [-0.25, -0.2) is 0 Å². The van der Waals surface area contributed by atoms with Gasteiger partial charge in [0.15, 0.2) is 0 Å². The third-order valence-electron chi connectivity index (χ3n) is 4.86. The molecule has 0 saturated heterocycles. The second-order valence-corrected chi connectivity index (χ2v) is 6.46. The molecule has 114 valence electrons. The molecule has 0 atom stereocenters. The molecule has 0 aliphatic heterocycles. The highest BCUT2D eigenvalue weighted by Crippen LogP contribution is 2.33. The van der Waals surface area contributed by atoms with Gasteiger partial charge in [-0.3, -0.25) is 0 Å². The van der Waals surface area contributed by atoms with Crippen LogP contribution < -0.4 is 0 Å². The lowest BCUT2D eigenvalue weighted by molar-refractivity contribution is 0.720. The first-order chi connectivity index (χ1) is 11.4. The van der Waals surface area contributed by atoms with E-state index in [-0.39, 0.29) is 0 Å². The van der Waals surface area contributed by atoms with E-state index in [4.69, 9.17) is 0 Å². The molecule has 0 aliphatic carbocycles. The summed E-state index contributed by atoms with van der Waals surface area (Å²) < 4.78 is 0. The molecule has 0 N–H and O–H groups in total. The lowest BCUT2D eigenvalue weighted by Crippen LogP contribution is -1.90. The summed E-state index contributed by atoms with van der Waals surface area (Å²) in [6.07, 6.45) is 5.03. The van der Waals surface area contributed by atoms with E-state index in [1.807, 2.05) is 0 Å². The van der Waals surface area contributed by atoms with Gasteiger partial charge < -0.3 is 0 Å². The lowest BCUT2D eigenvalue weighted by Gasteiger charge is -2.12. The maximum absolute atomic E-state index is 2.40. The minimum Gasteiger partial charge on any atom is -0.0654 e. The van der Waals surface area contributed by atoms with E-state index < -0.39 is 0 Å². The fourth-order valence-electron chi connectivity index (χ4n) is 3.63. The van der Waals surface area contributed by atoms with Gasteiger partial charge in [0.05, 0.1) is 0 Å². The fourth-order valence-corrected chi connectivity index (χ4v) is 3.63. The maximum atomic E-state index is 2.40. The molecule has 0 nitrogen and oxygen atoms in total. The summed E-state index contributed by atoms with van der Waals surface area (Å²) in [7, 11) is 0. The Morgan fingerprint density at radius 2 is 1.26 bits per heavy atom. The van der Waals surface area contributed by atoms with E-state index in [0.717, 1.165) is 0 Å². The average Bonchev–Trinajstić information content (AvgIpc) is 2.60. The minimum atomic E-state index is 1.17. The molecule has 0 aliphatic rings. The Hall–Kier alpha value is -2.34. The molecule has 0 heterocycles. The molecule has 23 heavy (non-hydrogen) atoms. The summed E-state index contributed by atoms with van der Waals surface area (Å²) in [5.74, 6) is 0. The predicted molar refractivity (Wildman–Crippen MR) is 102 cm³/mol. The van der Waals surface area contributed by atoms with E-state index in [1.54, 1.807) is 0 Å². The van der Waals surface area contributed by atoms with Crippen LogP contribution in [-0.2, 0) is 6.42 Å². The van der Waals surface area contributed by atoms with Crippen LogP contribution in [0.3, 0.4) is 0 Å². The van der Waals surface area contributed by atoms with Crippen molar-refractivity contribution in [2.45, 2.75) is 32.6 Å². The zero-order valence-corrected chi connectivity index (χ0v) is 13.7. The Morgan fingerprint density at radius 1 is 0.609 bits per heavy atom. The molecule has 0 amide bonds. The quantitative estimate of drug-likeness (QED) is 0.219. The van der Waals surface area contributed by atoms with Crippen molar-refractivity contribution >= 4 is 32.3 Å². The predicted octanol–water partition coefficient (Wildman–Crippen LogP) is 6.88. The molecule has 0 bridgehead atoms. The molecule has 4 aromatic carbocycles. The second kappa shape index (κ2) is 6.04. The summed E-state index contributed by atoms with van der Waals surface area (Å²) in [6.45, 7) is 2.27. The molecule has 4 aromatic rings. The SMILES string of the molecule is CCCCCc1cc2ccccc2c2cc3ccccc3cc12. The number of aryl methyl sites for hydroxylation is 1. The standard InChI is InChI=1S/C23H22/c1-2-3-4-11-20-14-19-12-7-8-13-21(19)23-16-18-10-6-5-9-17(18)15-22(20)23/h5-10,12-16H,2-4,11H2,1H3. The van der Waals surface area contributed by atoms with Crippen molar-refractivity contribution in [2.24, 2.45) is 0 Å². The van der Waals surface area contributed by atoms with E-state index in [0.29, 0.717) is 0 Å². The van der Waals surface area contributed by atoms with Crippen LogP contribution in [0.1, 0.15) is 31.7 Å². The molecular formula is C23H22. The number of unbranched alkanes of at least 4 members (excludes halogenated alkanes) is 2. The highest BCUT2D eigenvalue weighted by atomic mass is 14.1. The van der Waals surface area contributed by atoms with Crippen molar-refractivity contribution in [2.75, 3.05) is 0 Å². The summed E-state index contributed by atoms with van der Waals surface area (Å²) in [4.78, 5) is 0. The Labute approximate surface area is 137 Å². The van der Waals surface area contributed by atoms with E-state index in [2.05, 4.69) is 73.7 Å². The fraction of sp³-hybridized carbons (Fsp3) is 0.217. The largest absolute Gasteiger partial charge is 0.0654 e. The van der Waals surface area contributed by atoms with Gasteiger partial charge in [0.25, 0.3) is 0 Å². The lowest BCUT2D eigenvalue weighted by atomic mass is 9.92. The van der Waals surface area contributed by atoms with Gasteiger partial charge in [-0.2, -0.15) is 0 Å². The van der Waals surface area contributed by atoms with Gasteiger partial charge in [0.2, 0.25) is 0 Å². The van der Waals surface area contributed by atoms with Crippen molar-refractivity contribution in [3.63, 3.8) is 0 Å². The molecule has 0 heteroatoms. The van der Waals surface area contributed by atoms with E-state index in [9.17, 15) is 0 Å². The Balaban J connectivity index is 2.02. The highest BCUT2D eigenvalue weighted by molar-refractivity contribution is 6.13. The summed E-state index contributed by atoms with van der Waals surface area (Å²) in [5, 5.41) is 8.23. The molecule has 0 fully saturated rings. The van der Waals surface area contributed by atoms with Crippen molar-refractivity contribution in [1.82, 2.24) is 0 Å². The van der Waals surface area contributed by atoms with Crippen LogP contribution in [0.4, 0.5) is 0 Å². The number of hydrogen-bond acceptors (Lipinski definition) is 0. The van der Waals surface area contributed by atoms with E-state index in [1.165, 1.54) is 63.6 Å². The third-order valence-corrected chi connectivity index (χ3v) is 4.86. The van der Waals surface area contributed by atoms with Crippen LogP contribution in [0, 0.1) is 0 Å². The summed E-state index contributed by atoms with van der Waals surface area (Å²) >= 11 is 0. The average molecular weight is 298 g/mol. The molecule has 4 rings (SSSR count). The van der Waals surface area contributed by atoms with Crippen LogP contribution in [0.5, 0.6) is 0 Å². The van der Waals surface area contributed by atoms with Crippen molar-refractivity contribution in [3.8, 4) is 0 Å².